The van der Waals surface area contributed by atoms with Crippen LogP contribution in [0.4, 0.5) is 16.3 Å². The van der Waals surface area contributed by atoms with Gasteiger partial charge in [-0.05, 0) is 72.9 Å². The van der Waals surface area contributed by atoms with Crippen molar-refractivity contribution in [2.45, 2.75) is 102 Å². The smallest absolute Gasteiger partial charge is 0.333 e. The van der Waals surface area contributed by atoms with Crippen LogP contribution in [0, 0.1) is 25.2 Å². The van der Waals surface area contributed by atoms with Crippen molar-refractivity contribution in [2.75, 3.05) is 70.0 Å². The zero-order chi connectivity index (χ0) is 55.5. The number of nitrogens with one attached hydrogen (secondary N) is 4. The van der Waals surface area contributed by atoms with Gasteiger partial charge in [0.2, 0.25) is 29.6 Å². The fourth-order valence-corrected chi connectivity index (χ4v) is 10.9. The lowest BCUT2D eigenvalue weighted by Crippen LogP contribution is -2.45. The van der Waals surface area contributed by atoms with Crippen molar-refractivity contribution < 1.29 is 65.3 Å². The Balaban J connectivity index is 0.00000903. The number of likely N-dealkylation sites (tertiary alicyclic amines) is 1. The van der Waals surface area contributed by atoms with E-state index in [1.807, 2.05) is 54.9 Å². The first-order chi connectivity index (χ1) is 37.4. The van der Waals surface area contributed by atoms with Crippen LogP contribution in [-0.2, 0) is 65.6 Å². The fraction of sp³-hybridized carbons (Fsp3) is 0.509. The largest absolute Gasteiger partial charge is 0.393 e. The number of nitrogens with zero attached hydrogens (tertiary/aromatic N) is 4. The lowest BCUT2D eigenvalue weighted by Gasteiger charge is -2.24. The number of imide groups is 1. The number of ketones is 1. The Kier molecular flexibility index (Phi) is 20.9. The number of primary amides is 1. The summed E-state index contributed by atoms with van der Waals surface area (Å²) in [7, 11) is -4.19. The first kappa shape index (κ1) is 60.0. The number of aromatic nitrogens is 3. The number of nitrogens with two attached hydrogens (primary N) is 2. The van der Waals surface area contributed by atoms with Gasteiger partial charge < -0.3 is 53.7 Å². The molecule has 428 valence electrons. The number of benzene rings is 2. The average Bonchev–Trinajstić information content (AvgIpc) is 3.67. The number of fused-ring (bicyclic) bond motifs is 2. The summed E-state index contributed by atoms with van der Waals surface area (Å²) in [4.78, 5) is 82.5. The number of aliphatic hydroxyl groups excluding tert-OH is 1. The predicted molar refractivity (Wildman–Crippen MR) is 291 cm³/mol. The second-order valence-electron chi connectivity index (χ2n) is 20.6. The van der Waals surface area contributed by atoms with Gasteiger partial charge in [-0.15, -0.1) is 0 Å². The third-order valence-corrected chi connectivity index (χ3v) is 15.1. The number of urea groups is 1. The Morgan fingerprint density at radius 2 is 1.62 bits per heavy atom. The number of aliphatic hydroxyl groups is 1. The van der Waals surface area contributed by atoms with Gasteiger partial charge in [-0.1, -0.05) is 55.2 Å². The van der Waals surface area contributed by atoms with Crippen molar-refractivity contribution in [1.82, 2.24) is 25.1 Å². The lowest BCUT2D eigenvalue weighted by molar-refractivity contribution is -0.668. The molecule has 2 aromatic heterocycles. The second kappa shape index (κ2) is 27.5. The predicted octanol–water partition coefficient (Wildman–Crippen LogP) is 3.07. The zero-order valence-corrected chi connectivity index (χ0v) is 45.8. The molecule has 0 bridgehead atoms. The van der Waals surface area contributed by atoms with Crippen LogP contribution in [0.15, 0.2) is 78.3 Å². The lowest BCUT2D eigenvalue weighted by atomic mass is 9.89. The van der Waals surface area contributed by atoms with Crippen molar-refractivity contribution >= 4 is 68.3 Å². The number of aryl methyl sites for hydroxylation is 1. The molecule has 6 amide bonds. The van der Waals surface area contributed by atoms with Crippen LogP contribution >= 0.6 is 0 Å². The van der Waals surface area contributed by atoms with Crippen LogP contribution in [0.5, 0.6) is 0 Å². The summed E-state index contributed by atoms with van der Waals surface area (Å²) in [6.45, 7) is 5.46. The molecule has 1 aliphatic heterocycles. The molecular formula is C55H74N10O13S. The molecule has 0 saturated heterocycles. The molecule has 3 heterocycles. The van der Waals surface area contributed by atoms with Gasteiger partial charge in [0, 0.05) is 60.9 Å². The van der Waals surface area contributed by atoms with Gasteiger partial charge in [-0.25, -0.2) is 14.5 Å². The second-order valence-corrected chi connectivity index (χ2v) is 21.8. The fourth-order valence-electron chi connectivity index (χ4n) is 10.5. The topological polar surface area (TPSA) is 319 Å². The van der Waals surface area contributed by atoms with E-state index in [1.54, 1.807) is 18.5 Å². The van der Waals surface area contributed by atoms with E-state index >= 15 is 0 Å². The zero-order valence-electron chi connectivity index (χ0n) is 45.0. The monoisotopic (exact) mass is 1110 g/mol. The summed E-state index contributed by atoms with van der Waals surface area (Å²) in [5, 5.41) is 29.0. The maximum absolute atomic E-state index is 14.0. The number of hydrogen-bond donors (Lipinski definition) is 7. The van der Waals surface area contributed by atoms with Crippen molar-refractivity contribution in [3.8, 4) is 0 Å². The number of Topliss-reactive ketones (excluding diaryl/α,β-unsaturated/α-hetero) is 1. The molecule has 0 spiro atoms. The van der Waals surface area contributed by atoms with Crippen LogP contribution in [-0.4, -0.2) is 135 Å². The Morgan fingerprint density at radius 3 is 2.32 bits per heavy atom. The van der Waals surface area contributed by atoms with E-state index < -0.39 is 52.1 Å². The van der Waals surface area contributed by atoms with Crippen LogP contribution in [0.1, 0.15) is 94.0 Å². The van der Waals surface area contributed by atoms with Crippen LogP contribution in [0.2, 0.25) is 0 Å². The maximum atomic E-state index is 14.0. The summed E-state index contributed by atoms with van der Waals surface area (Å²) < 4.78 is 48.8. The maximum Gasteiger partial charge on any atom is 0.333 e. The number of amides is 6. The minimum absolute atomic E-state index is 0. The molecule has 24 heteroatoms. The quantitative estimate of drug-likeness (QED) is 0.0165. The van der Waals surface area contributed by atoms with Crippen molar-refractivity contribution in [1.29, 1.82) is 0 Å². The molecule has 3 aliphatic carbocycles. The van der Waals surface area contributed by atoms with Crippen molar-refractivity contribution in [3.63, 3.8) is 0 Å². The third kappa shape index (κ3) is 16.0. The molecule has 6 atom stereocenters. The summed E-state index contributed by atoms with van der Waals surface area (Å²) in [6, 6.07) is 15.9. The van der Waals surface area contributed by atoms with Crippen LogP contribution in [0.25, 0.3) is 11.0 Å². The number of rotatable bonds is 31. The highest BCUT2D eigenvalue weighted by Gasteiger charge is 2.47. The Morgan fingerprint density at radius 1 is 0.924 bits per heavy atom. The molecule has 79 heavy (non-hydrogen) atoms. The van der Waals surface area contributed by atoms with E-state index in [-0.39, 0.29) is 122 Å². The molecular weight excluding hydrogens is 1040 g/mol. The number of anilines is 2. The van der Waals surface area contributed by atoms with E-state index in [0.717, 1.165) is 29.4 Å². The van der Waals surface area contributed by atoms with Crippen molar-refractivity contribution in [2.24, 2.45) is 28.6 Å². The SMILES string of the molecule is CC(C)[C@H](NC(=O)CCOCCOCCOCCN1C(=O)C2=C(C2)C1=O)C(=O)C[C@@H](CCCNC(N)=O)C(=O)Nc1ccc(C[n+]2cnc(N[C@@H]3CCc4ccccc43)c3ccn([C@H]4C[C@H](COS(N)(=O)=O)[C@H](O)C4)c32)cc1.[CH3-]. The number of carbonyl (C=O) groups excluding carboxylic acids is 6. The molecule has 2 aromatic carbocycles. The van der Waals surface area contributed by atoms with Crippen LogP contribution < -0.4 is 36.7 Å². The highest BCUT2D eigenvalue weighted by molar-refractivity contribution is 7.84. The van der Waals surface area contributed by atoms with Gasteiger partial charge in [0.05, 0.1) is 89.8 Å². The standard InChI is InChI=1S/C54H70N10O13S.CH3/c1-33(2)48(61-47(67)16-20-74-22-24-76-25-23-75-21-19-64-52(69)42-29-43(42)53(64)70)46(66)27-36(7-5-17-57-54(55)71)50(68)59-38-12-9-34(10-13-38)30-62-32-58-49(60-44-14-11-35-6-3-4-8-40(35)44)41-15-18-63(51(41)62)39-26-37(45(65)28-39)31-77-78(56,72)73;/h3-4,6,8-10,12-13,15,18,32-33,36-37,39,44-45,48,65H,5,7,11,14,16-17,19-31H2,1-2H3,(H7,55,56,57,59,61,67,68,71,72,73);1H3/q;-1/p+1/t36-,37-,39+,44-,45-,48+;/m1./s1. The molecule has 8 rings (SSSR count). The van der Waals surface area contributed by atoms with Crippen LogP contribution in [0.3, 0.4) is 0 Å². The number of carbonyl (C=O) groups is 6. The Bertz CT molecular complexity index is 2960. The first-order valence-corrected chi connectivity index (χ1v) is 28.1. The molecule has 1 fully saturated rings. The molecule has 1 saturated carbocycles. The van der Waals surface area contributed by atoms with Gasteiger partial charge in [-0.2, -0.15) is 8.42 Å². The minimum atomic E-state index is -4.19. The van der Waals surface area contributed by atoms with Gasteiger partial charge >= 0.3 is 16.3 Å². The molecule has 23 nitrogen and oxygen atoms in total. The van der Waals surface area contributed by atoms with Gasteiger partial charge in [0.15, 0.2) is 5.78 Å². The highest BCUT2D eigenvalue weighted by Crippen LogP contribution is 2.41. The van der Waals surface area contributed by atoms with Gasteiger partial charge in [-0.3, -0.25) is 37.6 Å². The third-order valence-electron chi connectivity index (χ3n) is 14.7. The average molecular weight is 1120 g/mol. The van der Waals surface area contributed by atoms with Gasteiger partial charge in [0.25, 0.3) is 11.8 Å². The molecule has 0 unspecified atom stereocenters. The summed E-state index contributed by atoms with van der Waals surface area (Å²) >= 11 is 0. The normalized spacial score (nSPS) is 19.3. The van der Waals surface area contributed by atoms with E-state index in [0.29, 0.717) is 54.9 Å². The molecule has 9 N–H and O–H groups in total. The van der Waals surface area contributed by atoms with E-state index in [9.17, 15) is 42.3 Å². The molecule has 4 aliphatic rings. The molecule has 0 radical (unpaired) electrons. The summed E-state index contributed by atoms with van der Waals surface area (Å²) in [5.74, 6) is -2.44. The Hall–Kier alpha value is -6.67. The van der Waals surface area contributed by atoms with Crippen molar-refractivity contribution in [3.05, 3.63) is 102 Å². The first-order valence-electron chi connectivity index (χ1n) is 26.6. The highest BCUT2D eigenvalue weighted by atomic mass is 32.2. The Labute approximate surface area is 460 Å². The van der Waals surface area contributed by atoms with E-state index in [1.165, 1.54) is 16.0 Å². The van der Waals surface area contributed by atoms with Gasteiger partial charge in [0.1, 0.15) is 5.39 Å². The van der Waals surface area contributed by atoms with E-state index in [4.69, 9.17) is 34.3 Å². The van der Waals surface area contributed by atoms with E-state index in [2.05, 4.69) is 38.0 Å². The molecule has 4 aromatic rings. The number of piperidine rings is 1. The number of hydrogen-bond acceptors (Lipinski definition) is 15. The summed E-state index contributed by atoms with van der Waals surface area (Å²) in [6.07, 6.45) is 6.50. The summed E-state index contributed by atoms with van der Waals surface area (Å²) in [5.41, 5.74) is 11.2. The minimum Gasteiger partial charge on any atom is -0.393 e. The number of ether oxygens (including phenoxy) is 3.